The second-order valence-corrected chi connectivity index (χ2v) is 6.41. The van der Waals surface area contributed by atoms with E-state index in [9.17, 15) is 14.0 Å². The van der Waals surface area contributed by atoms with Gasteiger partial charge in [-0.25, -0.2) is 9.18 Å². The predicted octanol–water partition coefficient (Wildman–Crippen LogP) is 2.96. The van der Waals surface area contributed by atoms with Gasteiger partial charge in [-0.1, -0.05) is 31.4 Å². The highest BCUT2D eigenvalue weighted by molar-refractivity contribution is 5.88. The van der Waals surface area contributed by atoms with Crippen molar-refractivity contribution in [1.82, 2.24) is 5.32 Å². The summed E-state index contributed by atoms with van der Waals surface area (Å²) in [5.74, 6) is 0.576. The van der Waals surface area contributed by atoms with Crippen molar-refractivity contribution in [3.05, 3.63) is 41.7 Å². The van der Waals surface area contributed by atoms with Crippen LogP contribution in [-0.2, 0) is 14.9 Å². The molecule has 26 heavy (non-hydrogen) atoms. The lowest BCUT2D eigenvalue weighted by atomic mass is 9.69. The second kappa shape index (κ2) is 9.22. The molecule has 7 heteroatoms. The maximum Gasteiger partial charge on any atom is 0.404 e. The molecule has 0 spiro atoms. The van der Waals surface area contributed by atoms with Gasteiger partial charge in [-0.05, 0) is 30.5 Å². The van der Waals surface area contributed by atoms with Gasteiger partial charge >= 0.3 is 6.09 Å². The van der Waals surface area contributed by atoms with Gasteiger partial charge < -0.3 is 20.5 Å². The number of hydrogen-bond donors (Lipinski definition) is 2. The zero-order valence-corrected chi connectivity index (χ0v) is 14.9. The molecule has 1 aromatic rings. The van der Waals surface area contributed by atoms with Crippen LogP contribution in [0.3, 0.4) is 0 Å². The Morgan fingerprint density at radius 2 is 1.85 bits per heavy atom. The summed E-state index contributed by atoms with van der Waals surface area (Å²) in [5, 5.41) is 2.79. The maximum absolute atomic E-state index is 12.8. The van der Waals surface area contributed by atoms with Crippen LogP contribution in [0.1, 0.15) is 37.7 Å². The molecule has 0 saturated heterocycles. The predicted molar refractivity (Wildman–Crippen MR) is 95.5 cm³/mol. The van der Waals surface area contributed by atoms with Crippen molar-refractivity contribution in [1.29, 1.82) is 0 Å². The SMILES string of the molecule is CNC(=O)C1(c2ccc(OC/C(=C\F)COC(N)=O)cc2)CCCCC1. The zero-order chi connectivity index (χ0) is 19.0. The normalized spacial score (nSPS) is 16.6. The fourth-order valence-corrected chi connectivity index (χ4v) is 3.36. The fourth-order valence-electron chi connectivity index (χ4n) is 3.36. The van der Waals surface area contributed by atoms with Crippen LogP contribution in [0.5, 0.6) is 5.75 Å². The largest absolute Gasteiger partial charge is 0.489 e. The number of carbonyl (C=O) groups excluding carboxylic acids is 2. The van der Waals surface area contributed by atoms with E-state index in [0.717, 1.165) is 37.7 Å². The van der Waals surface area contributed by atoms with Crippen LogP contribution in [-0.4, -0.2) is 32.3 Å². The number of ether oxygens (including phenoxy) is 2. The number of nitrogens with two attached hydrogens (primary N) is 1. The second-order valence-electron chi connectivity index (χ2n) is 6.41. The highest BCUT2D eigenvalue weighted by Crippen LogP contribution is 2.40. The molecular formula is C19H25FN2O4. The van der Waals surface area contributed by atoms with Crippen LogP contribution in [0.2, 0.25) is 0 Å². The lowest BCUT2D eigenvalue weighted by Gasteiger charge is -2.36. The van der Waals surface area contributed by atoms with Crippen molar-refractivity contribution in [2.75, 3.05) is 20.3 Å². The van der Waals surface area contributed by atoms with Gasteiger partial charge in [0.2, 0.25) is 5.91 Å². The van der Waals surface area contributed by atoms with E-state index in [2.05, 4.69) is 10.1 Å². The van der Waals surface area contributed by atoms with Gasteiger partial charge in [0.05, 0.1) is 11.7 Å². The highest BCUT2D eigenvalue weighted by Gasteiger charge is 2.40. The number of halogens is 1. The third-order valence-corrected chi connectivity index (χ3v) is 4.75. The van der Waals surface area contributed by atoms with Crippen LogP contribution in [0.4, 0.5) is 9.18 Å². The minimum Gasteiger partial charge on any atom is -0.489 e. The number of carbonyl (C=O) groups is 2. The Morgan fingerprint density at radius 3 is 2.38 bits per heavy atom. The quantitative estimate of drug-likeness (QED) is 0.778. The third kappa shape index (κ3) is 4.74. The molecule has 1 aliphatic rings. The molecule has 142 valence electrons. The van der Waals surface area contributed by atoms with Gasteiger partial charge in [0.1, 0.15) is 19.0 Å². The van der Waals surface area contributed by atoms with E-state index in [1.165, 1.54) is 0 Å². The smallest absolute Gasteiger partial charge is 0.404 e. The Morgan fingerprint density at radius 1 is 1.19 bits per heavy atom. The number of rotatable bonds is 7. The van der Waals surface area contributed by atoms with Crippen molar-refractivity contribution in [2.24, 2.45) is 5.73 Å². The summed E-state index contributed by atoms with van der Waals surface area (Å²) in [6, 6.07) is 7.29. The molecule has 1 saturated carbocycles. The van der Waals surface area contributed by atoms with E-state index in [1.807, 2.05) is 12.1 Å². The van der Waals surface area contributed by atoms with Crippen molar-refractivity contribution < 1.29 is 23.5 Å². The summed E-state index contributed by atoms with van der Waals surface area (Å²) < 4.78 is 22.8. The summed E-state index contributed by atoms with van der Waals surface area (Å²) in [5.41, 5.74) is 5.47. The number of nitrogens with one attached hydrogen (secondary N) is 1. The first kappa shape index (κ1) is 19.8. The van der Waals surface area contributed by atoms with E-state index < -0.39 is 11.5 Å². The number of hydrogen-bond acceptors (Lipinski definition) is 4. The molecule has 1 fully saturated rings. The van der Waals surface area contributed by atoms with Crippen molar-refractivity contribution in [2.45, 2.75) is 37.5 Å². The summed E-state index contributed by atoms with van der Waals surface area (Å²) >= 11 is 0. The molecule has 2 amide bonds. The molecule has 3 N–H and O–H groups in total. The Bertz CT molecular complexity index is 652. The molecule has 1 aromatic carbocycles. The lowest BCUT2D eigenvalue weighted by Crippen LogP contribution is -2.44. The first-order valence-electron chi connectivity index (χ1n) is 8.67. The third-order valence-electron chi connectivity index (χ3n) is 4.75. The van der Waals surface area contributed by atoms with Crippen molar-refractivity contribution in [3.8, 4) is 5.75 Å². The van der Waals surface area contributed by atoms with Crippen molar-refractivity contribution >= 4 is 12.0 Å². The first-order valence-corrected chi connectivity index (χ1v) is 8.67. The van der Waals surface area contributed by atoms with E-state index >= 15 is 0 Å². The summed E-state index contributed by atoms with van der Waals surface area (Å²) in [6.07, 6.45) is 4.21. The van der Waals surface area contributed by atoms with Crippen LogP contribution < -0.4 is 15.8 Å². The van der Waals surface area contributed by atoms with Gasteiger partial charge in [0, 0.05) is 12.6 Å². The number of benzene rings is 1. The molecule has 2 rings (SSSR count). The Balaban J connectivity index is 2.04. The molecule has 0 atom stereocenters. The average molecular weight is 364 g/mol. The van der Waals surface area contributed by atoms with Gasteiger partial charge in [-0.3, -0.25) is 4.79 Å². The maximum atomic E-state index is 12.8. The Kier molecular flexibility index (Phi) is 7.00. The van der Waals surface area contributed by atoms with Gasteiger partial charge in [0.25, 0.3) is 0 Å². The van der Waals surface area contributed by atoms with E-state index in [-0.39, 0.29) is 24.7 Å². The lowest BCUT2D eigenvalue weighted by molar-refractivity contribution is -0.127. The molecule has 0 heterocycles. The minimum absolute atomic E-state index is 0.0390. The summed E-state index contributed by atoms with van der Waals surface area (Å²) in [4.78, 5) is 23.1. The van der Waals surface area contributed by atoms with E-state index in [4.69, 9.17) is 10.5 Å². The summed E-state index contributed by atoms with van der Waals surface area (Å²) in [7, 11) is 1.66. The Hall–Kier alpha value is -2.57. The number of amides is 2. The minimum atomic E-state index is -0.972. The fraction of sp³-hybridized carbons (Fsp3) is 0.474. The standard InChI is InChI=1S/C19H25FN2O4/c1-22-17(23)19(9-3-2-4-10-19)15-5-7-16(8-6-15)25-12-14(11-20)13-26-18(21)24/h5-8,11H,2-4,9-10,12-13H2,1H3,(H2,21,24)(H,22,23)/b14-11+. The molecule has 6 nitrogen and oxygen atoms in total. The van der Waals surface area contributed by atoms with Crippen LogP contribution >= 0.6 is 0 Å². The van der Waals surface area contributed by atoms with Crippen molar-refractivity contribution in [3.63, 3.8) is 0 Å². The Labute approximate surface area is 152 Å². The van der Waals surface area contributed by atoms with Gasteiger partial charge in [0.15, 0.2) is 0 Å². The molecular weight excluding hydrogens is 339 g/mol. The van der Waals surface area contributed by atoms with Crippen LogP contribution in [0, 0.1) is 0 Å². The molecule has 0 radical (unpaired) electrons. The number of primary amides is 1. The zero-order valence-electron chi connectivity index (χ0n) is 14.9. The number of likely N-dealkylation sites (N-methyl/N-ethyl adjacent to an activating group) is 1. The molecule has 1 aliphatic carbocycles. The summed E-state index contributed by atoms with van der Waals surface area (Å²) in [6.45, 7) is -0.326. The molecule has 0 unspecified atom stereocenters. The van der Waals surface area contributed by atoms with E-state index in [0.29, 0.717) is 12.1 Å². The van der Waals surface area contributed by atoms with Crippen LogP contribution in [0.15, 0.2) is 36.2 Å². The van der Waals surface area contributed by atoms with Gasteiger partial charge in [-0.2, -0.15) is 0 Å². The molecule has 0 aliphatic heterocycles. The average Bonchev–Trinajstić information content (AvgIpc) is 2.68. The topological polar surface area (TPSA) is 90.7 Å². The molecule has 0 bridgehead atoms. The highest BCUT2D eigenvalue weighted by atomic mass is 19.1. The molecule has 0 aromatic heterocycles. The first-order chi connectivity index (χ1) is 12.5. The van der Waals surface area contributed by atoms with Gasteiger partial charge in [-0.15, -0.1) is 0 Å². The monoisotopic (exact) mass is 364 g/mol. The van der Waals surface area contributed by atoms with E-state index in [1.54, 1.807) is 19.2 Å². The van der Waals surface area contributed by atoms with Crippen LogP contribution in [0.25, 0.3) is 0 Å².